The van der Waals surface area contributed by atoms with E-state index in [0.29, 0.717) is 17.2 Å². The third kappa shape index (κ3) is 3.28. The van der Waals surface area contributed by atoms with Gasteiger partial charge in [-0.1, -0.05) is 24.3 Å². The van der Waals surface area contributed by atoms with Gasteiger partial charge in [-0.05, 0) is 17.7 Å². The first-order valence-corrected chi connectivity index (χ1v) is 7.56. The topological polar surface area (TPSA) is 74.0 Å². The van der Waals surface area contributed by atoms with Crippen LogP contribution in [0.4, 0.5) is 11.4 Å². The number of hydrogen-bond donors (Lipinski definition) is 0. The molecule has 0 aliphatic carbocycles. The van der Waals surface area contributed by atoms with Gasteiger partial charge in [0.05, 0.1) is 19.1 Å². The number of nitro benzene ring substituents is 1. The number of methoxy groups -OCH3 is 2. The molecule has 0 bridgehead atoms. The van der Waals surface area contributed by atoms with Crippen LogP contribution < -0.4 is 9.47 Å². The highest BCUT2D eigenvalue weighted by atomic mass is 16.6. The lowest BCUT2D eigenvalue weighted by Crippen LogP contribution is -1.91. The van der Waals surface area contributed by atoms with Gasteiger partial charge in [0.15, 0.2) is 5.75 Å². The van der Waals surface area contributed by atoms with Crippen LogP contribution in [0.15, 0.2) is 59.6 Å². The van der Waals surface area contributed by atoms with Gasteiger partial charge in [0, 0.05) is 35.2 Å². The standard InChI is InChI=1S/C19H16N2O4/c1-24-18-11-17(19(25-2)16-6-4-3-5-15(16)18)20-12-13-7-9-14(10-8-13)21(22)23/h3-12H,1-2H3. The Morgan fingerprint density at radius 3 is 2.28 bits per heavy atom. The average molecular weight is 336 g/mol. The maximum absolute atomic E-state index is 10.7. The van der Waals surface area contributed by atoms with Crippen molar-refractivity contribution in [2.24, 2.45) is 4.99 Å². The molecule has 25 heavy (non-hydrogen) atoms. The van der Waals surface area contributed by atoms with Gasteiger partial charge < -0.3 is 9.47 Å². The number of rotatable bonds is 5. The lowest BCUT2D eigenvalue weighted by molar-refractivity contribution is -0.384. The molecule has 6 nitrogen and oxygen atoms in total. The van der Waals surface area contributed by atoms with Crippen LogP contribution >= 0.6 is 0 Å². The second-order valence-corrected chi connectivity index (χ2v) is 5.28. The van der Waals surface area contributed by atoms with Gasteiger partial charge in [-0.3, -0.25) is 15.1 Å². The number of hydrogen-bond acceptors (Lipinski definition) is 5. The first kappa shape index (κ1) is 16.4. The molecule has 0 aromatic heterocycles. The quantitative estimate of drug-likeness (QED) is 0.390. The van der Waals surface area contributed by atoms with Crippen molar-refractivity contribution in [2.75, 3.05) is 14.2 Å². The van der Waals surface area contributed by atoms with Crippen molar-refractivity contribution in [1.82, 2.24) is 0 Å². The third-order valence-electron chi connectivity index (χ3n) is 3.82. The molecule has 0 aliphatic rings. The van der Waals surface area contributed by atoms with E-state index < -0.39 is 4.92 Å². The molecule has 0 radical (unpaired) electrons. The van der Waals surface area contributed by atoms with Crippen molar-refractivity contribution in [3.05, 3.63) is 70.3 Å². The van der Waals surface area contributed by atoms with Crippen LogP contribution in [-0.4, -0.2) is 25.4 Å². The molecular formula is C19H16N2O4. The molecule has 6 heteroatoms. The van der Waals surface area contributed by atoms with E-state index >= 15 is 0 Å². The normalized spacial score (nSPS) is 11.0. The fraction of sp³-hybridized carbons (Fsp3) is 0.105. The van der Waals surface area contributed by atoms with Crippen LogP contribution in [-0.2, 0) is 0 Å². The molecule has 0 unspecified atom stereocenters. The molecule has 3 aromatic carbocycles. The molecule has 126 valence electrons. The lowest BCUT2D eigenvalue weighted by Gasteiger charge is -2.12. The minimum Gasteiger partial charge on any atom is -0.496 e. The molecule has 0 fully saturated rings. The van der Waals surface area contributed by atoms with Gasteiger partial charge in [-0.15, -0.1) is 0 Å². The Labute approximate surface area is 144 Å². The smallest absolute Gasteiger partial charge is 0.269 e. The maximum atomic E-state index is 10.7. The number of nitro groups is 1. The molecule has 0 heterocycles. The van der Waals surface area contributed by atoms with Gasteiger partial charge in [0.2, 0.25) is 0 Å². The monoisotopic (exact) mass is 336 g/mol. The molecule has 0 atom stereocenters. The predicted octanol–water partition coefficient (Wildman–Crippen LogP) is 4.52. The van der Waals surface area contributed by atoms with Crippen LogP contribution in [0.2, 0.25) is 0 Å². The first-order valence-electron chi connectivity index (χ1n) is 7.56. The summed E-state index contributed by atoms with van der Waals surface area (Å²) in [4.78, 5) is 14.8. The van der Waals surface area contributed by atoms with Crippen molar-refractivity contribution in [3.63, 3.8) is 0 Å². The molecule has 0 saturated heterocycles. The summed E-state index contributed by atoms with van der Waals surface area (Å²) in [7, 11) is 3.21. The van der Waals surface area contributed by atoms with Crippen molar-refractivity contribution >= 4 is 28.4 Å². The molecule has 3 rings (SSSR count). The third-order valence-corrected chi connectivity index (χ3v) is 3.82. The number of fused-ring (bicyclic) bond motifs is 1. The van der Waals surface area contributed by atoms with Crippen LogP contribution in [0.1, 0.15) is 5.56 Å². The Balaban J connectivity index is 2.04. The summed E-state index contributed by atoms with van der Waals surface area (Å²) in [5.41, 5.74) is 1.42. The SMILES string of the molecule is COc1cc(N=Cc2ccc([N+](=O)[O-])cc2)c(OC)c2ccccc12. The van der Waals surface area contributed by atoms with Gasteiger partial charge in [0.1, 0.15) is 11.4 Å². The van der Waals surface area contributed by atoms with E-state index in [0.717, 1.165) is 16.3 Å². The largest absolute Gasteiger partial charge is 0.496 e. The summed E-state index contributed by atoms with van der Waals surface area (Å²) < 4.78 is 11.0. The number of ether oxygens (including phenoxy) is 2. The van der Waals surface area contributed by atoms with Crippen molar-refractivity contribution < 1.29 is 14.4 Å². The zero-order valence-corrected chi connectivity index (χ0v) is 13.8. The van der Waals surface area contributed by atoms with Crippen molar-refractivity contribution in [1.29, 1.82) is 0 Å². The summed E-state index contributed by atoms with van der Waals surface area (Å²) in [5.74, 6) is 1.35. The Morgan fingerprint density at radius 1 is 1.00 bits per heavy atom. The molecular weight excluding hydrogens is 320 g/mol. The van der Waals surface area contributed by atoms with E-state index in [1.165, 1.54) is 12.1 Å². The van der Waals surface area contributed by atoms with Crippen molar-refractivity contribution in [2.45, 2.75) is 0 Å². The second kappa shape index (κ2) is 7.00. The fourth-order valence-corrected chi connectivity index (χ4v) is 2.61. The molecule has 0 amide bonds. The molecule has 0 spiro atoms. The summed E-state index contributed by atoms with van der Waals surface area (Å²) in [6.07, 6.45) is 1.63. The average Bonchev–Trinajstić information content (AvgIpc) is 2.65. The maximum Gasteiger partial charge on any atom is 0.269 e. The highest BCUT2D eigenvalue weighted by Gasteiger charge is 2.12. The van der Waals surface area contributed by atoms with Gasteiger partial charge in [0.25, 0.3) is 5.69 Å². The molecule has 0 saturated carbocycles. The first-order chi connectivity index (χ1) is 12.1. The van der Waals surface area contributed by atoms with Gasteiger partial charge in [-0.2, -0.15) is 0 Å². The fourth-order valence-electron chi connectivity index (χ4n) is 2.61. The number of benzene rings is 3. The van der Waals surface area contributed by atoms with E-state index in [4.69, 9.17) is 9.47 Å². The summed E-state index contributed by atoms with van der Waals surface area (Å²) in [6, 6.07) is 15.8. The number of nitrogens with zero attached hydrogens (tertiary/aromatic N) is 2. The Bertz CT molecular complexity index is 950. The summed E-state index contributed by atoms with van der Waals surface area (Å²) in [6.45, 7) is 0. The zero-order valence-electron chi connectivity index (χ0n) is 13.8. The predicted molar refractivity (Wildman–Crippen MR) is 97.4 cm³/mol. The highest BCUT2D eigenvalue weighted by Crippen LogP contribution is 2.41. The van der Waals surface area contributed by atoms with Crippen LogP contribution in [0.5, 0.6) is 11.5 Å². The van der Waals surface area contributed by atoms with E-state index in [9.17, 15) is 10.1 Å². The summed E-state index contributed by atoms with van der Waals surface area (Å²) in [5, 5.41) is 12.6. The van der Waals surface area contributed by atoms with Crippen LogP contribution in [0.25, 0.3) is 10.8 Å². The zero-order chi connectivity index (χ0) is 17.8. The van der Waals surface area contributed by atoms with Crippen LogP contribution in [0, 0.1) is 10.1 Å². The molecule has 0 aliphatic heterocycles. The van der Waals surface area contributed by atoms with E-state index in [1.54, 1.807) is 32.6 Å². The highest BCUT2D eigenvalue weighted by molar-refractivity contribution is 5.98. The minimum atomic E-state index is -0.432. The molecule has 3 aromatic rings. The second-order valence-electron chi connectivity index (χ2n) is 5.28. The van der Waals surface area contributed by atoms with E-state index in [2.05, 4.69) is 4.99 Å². The summed E-state index contributed by atoms with van der Waals surface area (Å²) >= 11 is 0. The minimum absolute atomic E-state index is 0.0436. The van der Waals surface area contributed by atoms with E-state index in [1.807, 2.05) is 30.3 Å². The number of aliphatic imine (C=N–C) groups is 1. The van der Waals surface area contributed by atoms with E-state index in [-0.39, 0.29) is 5.69 Å². The van der Waals surface area contributed by atoms with Crippen LogP contribution in [0.3, 0.4) is 0 Å². The van der Waals surface area contributed by atoms with Gasteiger partial charge >= 0.3 is 0 Å². The Morgan fingerprint density at radius 2 is 1.68 bits per heavy atom. The number of non-ortho nitro benzene ring substituents is 1. The lowest BCUT2D eigenvalue weighted by atomic mass is 10.1. The Hall–Kier alpha value is -3.41. The Kier molecular flexibility index (Phi) is 4.61. The van der Waals surface area contributed by atoms with Gasteiger partial charge in [-0.25, -0.2) is 0 Å². The molecule has 0 N–H and O–H groups in total. The van der Waals surface area contributed by atoms with Crippen molar-refractivity contribution in [3.8, 4) is 11.5 Å².